The van der Waals surface area contributed by atoms with Crippen molar-refractivity contribution in [2.75, 3.05) is 13.2 Å². The predicted molar refractivity (Wildman–Crippen MR) is 91.4 cm³/mol. The van der Waals surface area contributed by atoms with E-state index in [9.17, 15) is 4.79 Å². The van der Waals surface area contributed by atoms with E-state index < -0.39 is 0 Å². The minimum atomic E-state index is -0.309. The fraction of sp³-hybridized carbons (Fsp3) is 0.952. The van der Waals surface area contributed by atoms with E-state index in [1.165, 1.54) is 32.1 Å². The zero-order valence-electron chi connectivity index (χ0n) is 15.3. The molecule has 24 heavy (non-hydrogen) atoms. The lowest BCUT2D eigenvalue weighted by Crippen LogP contribution is -2.58. The minimum Gasteiger partial charge on any atom is -0.348 e. The van der Waals surface area contributed by atoms with Crippen LogP contribution in [0.3, 0.4) is 0 Å². The summed E-state index contributed by atoms with van der Waals surface area (Å²) in [6.45, 7) is 6.33. The standard InChI is InChI=1S/C21H32O3/c1-19-7-3-4-16(19)15-6-5-14-12-21(23-10-11-24-21)9-8-20(14,2)18(15)17(22)13-19/h14-16,18H,3-13H2,1-2H3/t14-,15+,16+,18-,19+,20+/m1/s1. The molecule has 134 valence electrons. The molecule has 0 radical (unpaired) electrons. The summed E-state index contributed by atoms with van der Waals surface area (Å²) in [5.41, 5.74) is 0.499. The largest absolute Gasteiger partial charge is 0.348 e. The zero-order chi connectivity index (χ0) is 16.6. The average molecular weight is 332 g/mol. The maximum atomic E-state index is 13.3. The van der Waals surface area contributed by atoms with Gasteiger partial charge in [-0.15, -0.1) is 0 Å². The molecule has 0 bridgehead atoms. The summed E-state index contributed by atoms with van der Waals surface area (Å²) in [5, 5.41) is 0. The highest BCUT2D eigenvalue weighted by atomic mass is 16.7. The zero-order valence-corrected chi connectivity index (χ0v) is 15.3. The smallest absolute Gasteiger partial charge is 0.168 e. The van der Waals surface area contributed by atoms with Gasteiger partial charge in [0, 0.05) is 25.2 Å². The first-order valence-electron chi connectivity index (χ1n) is 10.3. The first kappa shape index (κ1) is 15.8. The molecule has 1 spiro atoms. The van der Waals surface area contributed by atoms with Gasteiger partial charge in [0.05, 0.1) is 13.2 Å². The van der Waals surface area contributed by atoms with Gasteiger partial charge in [-0.05, 0) is 60.7 Å². The molecule has 4 aliphatic carbocycles. The summed E-state index contributed by atoms with van der Waals surface area (Å²) in [7, 11) is 0. The molecule has 3 heteroatoms. The third-order valence-electron chi connectivity index (χ3n) is 8.94. The number of ketones is 1. The Morgan fingerprint density at radius 1 is 1.00 bits per heavy atom. The number of ether oxygens (including phenoxy) is 2. The molecular formula is C21H32O3. The molecule has 0 aromatic rings. The lowest BCUT2D eigenvalue weighted by Gasteiger charge is -2.60. The normalized spacial score (nSPS) is 52.8. The van der Waals surface area contributed by atoms with E-state index >= 15 is 0 Å². The number of hydrogen-bond acceptors (Lipinski definition) is 3. The number of rotatable bonds is 0. The van der Waals surface area contributed by atoms with Crippen LogP contribution in [0.15, 0.2) is 0 Å². The Hall–Kier alpha value is -0.410. The second-order valence-corrected chi connectivity index (χ2v) is 10.0. The van der Waals surface area contributed by atoms with Gasteiger partial charge in [-0.1, -0.05) is 20.3 Å². The second-order valence-electron chi connectivity index (χ2n) is 10.0. The van der Waals surface area contributed by atoms with Gasteiger partial charge in [0.25, 0.3) is 0 Å². The van der Waals surface area contributed by atoms with Crippen molar-refractivity contribution in [2.45, 2.75) is 77.4 Å². The van der Waals surface area contributed by atoms with Gasteiger partial charge in [-0.2, -0.15) is 0 Å². The molecule has 1 saturated heterocycles. The molecule has 5 rings (SSSR count). The lowest BCUT2D eigenvalue weighted by atomic mass is 9.44. The van der Waals surface area contributed by atoms with Crippen LogP contribution < -0.4 is 0 Å². The average Bonchev–Trinajstić information content (AvgIpc) is 3.14. The van der Waals surface area contributed by atoms with Crippen LogP contribution in [0.5, 0.6) is 0 Å². The summed E-state index contributed by atoms with van der Waals surface area (Å²) < 4.78 is 12.0. The Kier molecular flexibility index (Phi) is 3.34. The minimum absolute atomic E-state index is 0.185. The van der Waals surface area contributed by atoms with Gasteiger partial charge in [0.2, 0.25) is 0 Å². The van der Waals surface area contributed by atoms with Crippen LogP contribution in [-0.2, 0) is 14.3 Å². The van der Waals surface area contributed by atoms with Crippen molar-refractivity contribution in [1.82, 2.24) is 0 Å². The molecule has 0 N–H and O–H groups in total. The topological polar surface area (TPSA) is 35.5 Å². The lowest BCUT2D eigenvalue weighted by molar-refractivity contribution is -0.226. The highest BCUT2D eigenvalue weighted by Crippen LogP contribution is 2.66. The van der Waals surface area contributed by atoms with Crippen molar-refractivity contribution < 1.29 is 14.3 Å². The maximum absolute atomic E-state index is 13.3. The molecular weight excluding hydrogens is 300 g/mol. The molecule has 0 aromatic carbocycles. The molecule has 4 saturated carbocycles. The SMILES string of the molecule is C[C@@]12CCC[C@H]1[C@@H]1CC[C@@H]3CC4(CC[C@]3(C)[C@H]1C(=O)C2)OCCO4. The number of fused-ring (bicyclic) bond motifs is 5. The monoisotopic (exact) mass is 332 g/mol. The molecule has 1 heterocycles. The van der Waals surface area contributed by atoms with Crippen LogP contribution in [0.1, 0.15) is 71.6 Å². The summed E-state index contributed by atoms with van der Waals surface area (Å²) in [4.78, 5) is 13.3. The fourth-order valence-corrected chi connectivity index (χ4v) is 7.78. The first-order valence-corrected chi connectivity index (χ1v) is 10.3. The van der Waals surface area contributed by atoms with E-state index in [0.29, 0.717) is 29.0 Å². The van der Waals surface area contributed by atoms with E-state index in [0.717, 1.165) is 44.8 Å². The van der Waals surface area contributed by atoms with Gasteiger partial charge in [-0.3, -0.25) is 4.79 Å². The molecule has 6 atom stereocenters. The summed E-state index contributed by atoms with van der Waals surface area (Å²) in [5.74, 6) is 2.65. The van der Waals surface area contributed by atoms with Crippen molar-refractivity contribution in [3.05, 3.63) is 0 Å². The van der Waals surface area contributed by atoms with Crippen LogP contribution in [-0.4, -0.2) is 24.8 Å². The van der Waals surface area contributed by atoms with Crippen LogP contribution >= 0.6 is 0 Å². The predicted octanol–water partition coefficient (Wildman–Crippen LogP) is 4.34. The second kappa shape index (κ2) is 5.07. The Morgan fingerprint density at radius 3 is 2.58 bits per heavy atom. The van der Waals surface area contributed by atoms with Crippen LogP contribution in [0, 0.1) is 34.5 Å². The van der Waals surface area contributed by atoms with Crippen molar-refractivity contribution in [1.29, 1.82) is 0 Å². The van der Waals surface area contributed by atoms with E-state index in [1.54, 1.807) is 0 Å². The Morgan fingerprint density at radius 2 is 1.79 bits per heavy atom. The quantitative estimate of drug-likeness (QED) is 0.662. The van der Waals surface area contributed by atoms with E-state index in [2.05, 4.69) is 13.8 Å². The fourth-order valence-electron chi connectivity index (χ4n) is 7.78. The highest BCUT2D eigenvalue weighted by Gasteiger charge is 2.63. The Balaban J connectivity index is 1.46. The molecule has 5 aliphatic rings. The number of carbonyl (C=O) groups excluding carboxylic acids is 1. The van der Waals surface area contributed by atoms with Crippen LogP contribution in [0.2, 0.25) is 0 Å². The van der Waals surface area contributed by atoms with Gasteiger partial charge in [0.1, 0.15) is 5.78 Å². The van der Waals surface area contributed by atoms with Gasteiger partial charge < -0.3 is 9.47 Å². The van der Waals surface area contributed by atoms with Crippen molar-refractivity contribution >= 4 is 5.78 Å². The first-order chi connectivity index (χ1) is 11.5. The highest BCUT2D eigenvalue weighted by molar-refractivity contribution is 5.84. The van der Waals surface area contributed by atoms with E-state index in [4.69, 9.17) is 9.47 Å². The van der Waals surface area contributed by atoms with Gasteiger partial charge in [0.15, 0.2) is 5.79 Å². The molecule has 3 nitrogen and oxygen atoms in total. The Labute approximate surface area is 145 Å². The summed E-state index contributed by atoms with van der Waals surface area (Å²) in [6, 6.07) is 0. The maximum Gasteiger partial charge on any atom is 0.168 e. The number of hydrogen-bond donors (Lipinski definition) is 0. The molecule has 5 fully saturated rings. The van der Waals surface area contributed by atoms with E-state index in [-0.39, 0.29) is 11.2 Å². The van der Waals surface area contributed by atoms with Crippen molar-refractivity contribution in [2.24, 2.45) is 34.5 Å². The van der Waals surface area contributed by atoms with Gasteiger partial charge in [-0.25, -0.2) is 0 Å². The Bertz CT molecular complexity index is 551. The summed E-state index contributed by atoms with van der Waals surface area (Å²) in [6.07, 6.45) is 10.5. The van der Waals surface area contributed by atoms with Crippen molar-refractivity contribution in [3.63, 3.8) is 0 Å². The number of Topliss-reactive ketones (excluding diaryl/α,β-unsaturated/α-hetero) is 1. The van der Waals surface area contributed by atoms with Crippen molar-refractivity contribution in [3.8, 4) is 0 Å². The van der Waals surface area contributed by atoms with E-state index in [1.807, 2.05) is 0 Å². The van der Waals surface area contributed by atoms with Crippen LogP contribution in [0.4, 0.5) is 0 Å². The number of carbonyl (C=O) groups is 1. The summed E-state index contributed by atoms with van der Waals surface area (Å²) >= 11 is 0. The molecule has 0 aromatic heterocycles. The third-order valence-corrected chi connectivity index (χ3v) is 8.94. The molecule has 0 amide bonds. The molecule has 0 unspecified atom stereocenters. The van der Waals surface area contributed by atoms with Crippen LogP contribution in [0.25, 0.3) is 0 Å². The van der Waals surface area contributed by atoms with Gasteiger partial charge >= 0.3 is 0 Å². The third kappa shape index (κ3) is 2.00. The molecule has 1 aliphatic heterocycles.